The monoisotopic (exact) mass is 205 g/mol. The van der Waals surface area contributed by atoms with Crippen molar-refractivity contribution in [1.29, 1.82) is 0 Å². The Morgan fingerprint density at radius 2 is 2.07 bits per heavy atom. The van der Waals surface area contributed by atoms with Crippen LogP contribution in [0.3, 0.4) is 0 Å². The highest BCUT2D eigenvalue weighted by Crippen LogP contribution is 2.15. The van der Waals surface area contributed by atoms with E-state index in [0.29, 0.717) is 6.04 Å². The number of hydrogen-bond acceptors (Lipinski definition) is 2. The number of fused-ring (bicyclic) bond motifs is 1. The first-order valence-electron chi connectivity index (χ1n) is 5.17. The van der Waals surface area contributed by atoms with E-state index in [2.05, 4.69) is 29.1 Å². The third kappa shape index (κ3) is 2.03. The zero-order valence-corrected chi connectivity index (χ0v) is 8.92. The number of nitrogens with one attached hydrogen (secondary N) is 3. The van der Waals surface area contributed by atoms with Crippen molar-refractivity contribution in [3.05, 3.63) is 28.7 Å². The van der Waals surface area contributed by atoms with Crippen LogP contribution < -0.4 is 11.0 Å². The van der Waals surface area contributed by atoms with Crippen LogP contribution in [-0.4, -0.2) is 16.0 Å². The van der Waals surface area contributed by atoms with Crippen molar-refractivity contribution in [2.24, 2.45) is 0 Å². The molecule has 1 unspecified atom stereocenters. The van der Waals surface area contributed by atoms with Crippen LogP contribution >= 0.6 is 0 Å². The van der Waals surface area contributed by atoms with Gasteiger partial charge in [-0.2, -0.15) is 0 Å². The summed E-state index contributed by atoms with van der Waals surface area (Å²) in [6, 6.07) is 6.25. The summed E-state index contributed by atoms with van der Waals surface area (Å²) in [5.41, 5.74) is 2.56. The summed E-state index contributed by atoms with van der Waals surface area (Å²) >= 11 is 0. The maximum absolute atomic E-state index is 11.0. The second-order valence-corrected chi connectivity index (χ2v) is 3.79. The molecule has 3 N–H and O–H groups in total. The number of aromatic nitrogens is 2. The van der Waals surface area contributed by atoms with E-state index in [-0.39, 0.29) is 5.69 Å². The molecule has 1 aromatic heterocycles. The number of imidazole rings is 1. The minimum atomic E-state index is -0.161. The lowest BCUT2D eigenvalue weighted by atomic mass is 10.2. The van der Waals surface area contributed by atoms with Crippen LogP contribution in [0.25, 0.3) is 11.0 Å². The highest BCUT2D eigenvalue weighted by molar-refractivity contribution is 5.78. The quantitative estimate of drug-likeness (QED) is 0.718. The molecule has 0 amide bonds. The van der Waals surface area contributed by atoms with Gasteiger partial charge in [-0.3, -0.25) is 0 Å². The Morgan fingerprint density at radius 3 is 2.80 bits per heavy atom. The molecule has 1 atom stereocenters. The van der Waals surface area contributed by atoms with Gasteiger partial charge in [0.25, 0.3) is 0 Å². The summed E-state index contributed by atoms with van der Waals surface area (Å²) in [4.78, 5) is 16.5. The van der Waals surface area contributed by atoms with E-state index in [1.807, 2.05) is 18.2 Å². The lowest BCUT2D eigenvalue weighted by molar-refractivity contribution is 0.764. The molecule has 2 aromatic rings. The molecule has 0 radical (unpaired) electrons. The van der Waals surface area contributed by atoms with Crippen LogP contribution in [0.5, 0.6) is 0 Å². The molecule has 2 rings (SSSR count). The van der Waals surface area contributed by atoms with Gasteiger partial charge in [0.2, 0.25) is 0 Å². The van der Waals surface area contributed by atoms with Gasteiger partial charge in [-0.15, -0.1) is 0 Å². The number of anilines is 1. The molecule has 0 spiro atoms. The molecule has 80 valence electrons. The normalized spacial score (nSPS) is 12.9. The summed E-state index contributed by atoms with van der Waals surface area (Å²) in [7, 11) is 0. The van der Waals surface area contributed by atoms with Gasteiger partial charge in [0.1, 0.15) is 0 Å². The van der Waals surface area contributed by atoms with Crippen LogP contribution in [0.2, 0.25) is 0 Å². The fraction of sp³-hybridized carbons (Fsp3) is 0.364. The molecule has 4 nitrogen and oxygen atoms in total. The van der Waals surface area contributed by atoms with Gasteiger partial charge in [-0.25, -0.2) is 4.79 Å². The van der Waals surface area contributed by atoms with Crippen molar-refractivity contribution in [3.63, 3.8) is 0 Å². The van der Waals surface area contributed by atoms with Gasteiger partial charge >= 0.3 is 5.69 Å². The minimum Gasteiger partial charge on any atom is -0.383 e. The summed E-state index contributed by atoms with van der Waals surface area (Å²) in [6.07, 6.45) is 1.07. The predicted octanol–water partition coefficient (Wildman–Crippen LogP) is 2.07. The molecule has 0 saturated carbocycles. The van der Waals surface area contributed by atoms with Gasteiger partial charge < -0.3 is 15.3 Å². The second-order valence-electron chi connectivity index (χ2n) is 3.79. The molecule has 0 aliphatic carbocycles. The third-order valence-electron chi connectivity index (χ3n) is 2.54. The van der Waals surface area contributed by atoms with E-state index in [9.17, 15) is 4.79 Å². The van der Waals surface area contributed by atoms with Crippen molar-refractivity contribution >= 4 is 16.7 Å². The van der Waals surface area contributed by atoms with Crippen molar-refractivity contribution < 1.29 is 0 Å². The van der Waals surface area contributed by atoms with Gasteiger partial charge in [0, 0.05) is 11.7 Å². The molecule has 0 fully saturated rings. The number of aromatic amines is 2. The zero-order chi connectivity index (χ0) is 10.8. The summed E-state index contributed by atoms with van der Waals surface area (Å²) in [5.74, 6) is 0. The number of benzene rings is 1. The summed E-state index contributed by atoms with van der Waals surface area (Å²) in [5, 5.41) is 3.36. The molecule has 0 saturated heterocycles. The fourth-order valence-corrected chi connectivity index (χ4v) is 1.51. The lowest BCUT2D eigenvalue weighted by Crippen LogP contribution is -2.13. The first-order chi connectivity index (χ1) is 7.19. The van der Waals surface area contributed by atoms with Crippen LogP contribution in [0.1, 0.15) is 20.3 Å². The van der Waals surface area contributed by atoms with Crippen LogP contribution in [0.4, 0.5) is 5.69 Å². The fourth-order valence-electron chi connectivity index (χ4n) is 1.51. The van der Waals surface area contributed by atoms with Crippen molar-refractivity contribution in [2.75, 3.05) is 5.32 Å². The van der Waals surface area contributed by atoms with Crippen LogP contribution in [0, 0.1) is 0 Å². The third-order valence-corrected chi connectivity index (χ3v) is 2.54. The van der Waals surface area contributed by atoms with Crippen molar-refractivity contribution in [3.8, 4) is 0 Å². The number of hydrogen-bond donors (Lipinski definition) is 3. The maximum Gasteiger partial charge on any atom is 0.323 e. The smallest absolute Gasteiger partial charge is 0.323 e. The summed E-state index contributed by atoms with van der Waals surface area (Å²) < 4.78 is 0. The molecule has 1 heterocycles. The average Bonchev–Trinajstić information content (AvgIpc) is 2.57. The summed E-state index contributed by atoms with van der Waals surface area (Å²) in [6.45, 7) is 4.26. The number of H-pyrrole nitrogens is 2. The number of rotatable bonds is 3. The van der Waals surface area contributed by atoms with Crippen molar-refractivity contribution in [2.45, 2.75) is 26.3 Å². The standard InChI is InChI=1S/C11H15N3O/c1-3-7(2)12-8-4-5-9-10(6-8)14-11(15)13-9/h4-7,12H,3H2,1-2H3,(H2,13,14,15). The van der Waals surface area contributed by atoms with E-state index in [0.717, 1.165) is 23.1 Å². The second kappa shape index (κ2) is 3.81. The van der Waals surface area contributed by atoms with Crippen LogP contribution in [0.15, 0.2) is 23.0 Å². The largest absolute Gasteiger partial charge is 0.383 e. The van der Waals surface area contributed by atoms with E-state index in [1.165, 1.54) is 0 Å². The molecule has 0 aliphatic rings. The van der Waals surface area contributed by atoms with E-state index in [1.54, 1.807) is 0 Å². The maximum atomic E-state index is 11.0. The minimum absolute atomic E-state index is 0.161. The SMILES string of the molecule is CCC(C)Nc1ccc2[nH]c(=O)[nH]c2c1. The highest BCUT2D eigenvalue weighted by Gasteiger charge is 2.01. The van der Waals surface area contributed by atoms with Gasteiger partial charge in [0.15, 0.2) is 0 Å². The van der Waals surface area contributed by atoms with E-state index in [4.69, 9.17) is 0 Å². The Morgan fingerprint density at radius 1 is 1.33 bits per heavy atom. The molecular weight excluding hydrogens is 190 g/mol. The van der Waals surface area contributed by atoms with E-state index < -0.39 is 0 Å². The Bertz CT molecular complexity index is 512. The first kappa shape index (κ1) is 9.83. The average molecular weight is 205 g/mol. The van der Waals surface area contributed by atoms with Crippen LogP contribution in [-0.2, 0) is 0 Å². The topological polar surface area (TPSA) is 60.7 Å². The highest BCUT2D eigenvalue weighted by atomic mass is 16.1. The zero-order valence-electron chi connectivity index (χ0n) is 8.92. The Hall–Kier alpha value is -1.71. The van der Waals surface area contributed by atoms with E-state index >= 15 is 0 Å². The molecule has 4 heteroatoms. The Kier molecular flexibility index (Phi) is 2.49. The van der Waals surface area contributed by atoms with Gasteiger partial charge in [-0.05, 0) is 31.5 Å². The first-order valence-corrected chi connectivity index (χ1v) is 5.17. The van der Waals surface area contributed by atoms with Gasteiger partial charge in [0.05, 0.1) is 11.0 Å². The Labute approximate surface area is 87.7 Å². The molecule has 15 heavy (non-hydrogen) atoms. The molecular formula is C11H15N3O. The molecule has 0 aliphatic heterocycles. The predicted molar refractivity (Wildman–Crippen MR) is 62.3 cm³/mol. The Balaban J connectivity index is 2.34. The lowest BCUT2D eigenvalue weighted by Gasteiger charge is -2.12. The van der Waals surface area contributed by atoms with Gasteiger partial charge in [-0.1, -0.05) is 6.92 Å². The molecule has 1 aromatic carbocycles. The van der Waals surface area contributed by atoms with Crippen molar-refractivity contribution in [1.82, 2.24) is 9.97 Å². The molecule has 0 bridgehead atoms.